The van der Waals surface area contributed by atoms with Crippen molar-refractivity contribution < 1.29 is 14.5 Å². The highest BCUT2D eigenvalue weighted by Gasteiger charge is 2.26. The van der Waals surface area contributed by atoms with Gasteiger partial charge in [0.2, 0.25) is 5.95 Å². The third-order valence-electron chi connectivity index (χ3n) is 6.66. The number of piperazine rings is 1. The first-order valence-corrected chi connectivity index (χ1v) is 13.9. The van der Waals surface area contributed by atoms with Crippen LogP contribution in [-0.4, -0.2) is 85.3 Å². The number of carbonyl (C=O) groups is 1. The molecule has 1 amide bonds. The van der Waals surface area contributed by atoms with Crippen LogP contribution >= 0.6 is 0 Å². The Kier molecular flexibility index (Phi) is 8.64. The Morgan fingerprint density at radius 2 is 1.74 bits per heavy atom. The lowest BCUT2D eigenvalue weighted by molar-refractivity contribution is -0.385. The Labute approximate surface area is 248 Å². The molecular weight excluding hydrogens is 552 g/mol. The van der Waals surface area contributed by atoms with Crippen LogP contribution in [0.4, 0.5) is 27.9 Å². The van der Waals surface area contributed by atoms with Crippen LogP contribution < -0.4 is 15.5 Å². The van der Waals surface area contributed by atoms with Gasteiger partial charge in [0.05, 0.1) is 28.8 Å². The zero-order valence-electron chi connectivity index (χ0n) is 24.3. The molecule has 224 valence electrons. The van der Waals surface area contributed by atoms with E-state index in [9.17, 15) is 14.9 Å². The van der Waals surface area contributed by atoms with E-state index in [0.717, 1.165) is 22.6 Å². The predicted octanol–water partition coefficient (Wildman–Crippen LogP) is 4.21. The van der Waals surface area contributed by atoms with Crippen molar-refractivity contribution in [1.82, 2.24) is 29.4 Å². The second-order valence-electron chi connectivity index (χ2n) is 10.9. The second-order valence-corrected chi connectivity index (χ2v) is 10.9. The van der Waals surface area contributed by atoms with Crippen molar-refractivity contribution in [1.29, 1.82) is 0 Å². The third kappa shape index (κ3) is 7.52. The van der Waals surface area contributed by atoms with Gasteiger partial charge in [0.15, 0.2) is 0 Å². The van der Waals surface area contributed by atoms with Gasteiger partial charge in [-0.15, -0.1) is 0 Å². The highest BCUT2D eigenvalue weighted by atomic mass is 16.6. The maximum Gasteiger partial charge on any atom is 0.410 e. The van der Waals surface area contributed by atoms with Crippen LogP contribution in [0.3, 0.4) is 0 Å². The molecule has 0 unspecified atom stereocenters. The molecule has 1 aliphatic rings. The van der Waals surface area contributed by atoms with Crippen LogP contribution in [0.15, 0.2) is 67.5 Å². The van der Waals surface area contributed by atoms with Gasteiger partial charge in [-0.1, -0.05) is 12.1 Å². The number of ether oxygens (including phenoxy) is 1. The lowest BCUT2D eigenvalue weighted by atomic mass is 10.1. The van der Waals surface area contributed by atoms with Crippen molar-refractivity contribution in [3.8, 4) is 16.9 Å². The molecule has 1 fully saturated rings. The number of pyridine rings is 1. The average Bonchev–Trinajstić information content (AvgIpc) is 3.54. The normalized spacial score (nSPS) is 13.5. The number of aromatic nitrogens is 5. The summed E-state index contributed by atoms with van der Waals surface area (Å²) in [7, 11) is 0. The minimum atomic E-state index is -0.514. The zero-order chi connectivity index (χ0) is 30.4. The fourth-order valence-corrected chi connectivity index (χ4v) is 4.53. The molecule has 3 aromatic heterocycles. The number of nitrogens with one attached hydrogen (secondary N) is 2. The first-order chi connectivity index (χ1) is 20.7. The van der Waals surface area contributed by atoms with Crippen molar-refractivity contribution in [2.75, 3.05) is 54.8 Å². The van der Waals surface area contributed by atoms with E-state index < -0.39 is 10.5 Å². The summed E-state index contributed by atoms with van der Waals surface area (Å²) in [6, 6.07) is 11.2. The number of anilines is 3. The molecule has 0 radical (unpaired) electrons. The molecule has 0 bridgehead atoms. The lowest BCUT2D eigenvalue weighted by Crippen LogP contribution is -2.50. The van der Waals surface area contributed by atoms with E-state index >= 15 is 0 Å². The largest absolute Gasteiger partial charge is 0.444 e. The summed E-state index contributed by atoms with van der Waals surface area (Å²) in [5.74, 6) is 0.996. The maximum atomic E-state index is 12.4. The summed E-state index contributed by atoms with van der Waals surface area (Å²) in [4.78, 5) is 44.3. The molecule has 1 aromatic carbocycles. The standard InChI is InChI=1S/C29H34N10O4/c1-29(2,3)43-28(40)37-16-14-36(15-17-37)22-6-4-21(5-7-22)26-24(38-13-12-30-20-38)19-34-27(35-26)32-11-10-31-25-9-8-23(18-33-25)39(41)42/h4-9,12-13,18-20H,10-11,14-17H2,1-3H3,(H,31,33)(H,32,34,35). The molecule has 2 N–H and O–H groups in total. The number of imidazole rings is 1. The van der Waals surface area contributed by atoms with Gasteiger partial charge in [-0.3, -0.25) is 10.1 Å². The van der Waals surface area contributed by atoms with Gasteiger partial charge in [0.25, 0.3) is 5.69 Å². The Morgan fingerprint density at radius 1 is 1.00 bits per heavy atom. The minimum Gasteiger partial charge on any atom is -0.444 e. The summed E-state index contributed by atoms with van der Waals surface area (Å²) in [5.41, 5.74) is 2.93. The number of hydrogen-bond donors (Lipinski definition) is 2. The Morgan fingerprint density at radius 3 is 2.37 bits per heavy atom. The van der Waals surface area contributed by atoms with Crippen LogP contribution in [0.5, 0.6) is 0 Å². The molecule has 43 heavy (non-hydrogen) atoms. The van der Waals surface area contributed by atoms with Crippen molar-refractivity contribution in [3.05, 3.63) is 77.6 Å². The average molecular weight is 587 g/mol. The molecule has 14 nitrogen and oxygen atoms in total. The second kappa shape index (κ2) is 12.7. The van der Waals surface area contributed by atoms with E-state index in [-0.39, 0.29) is 11.8 Å². The molecule has 0 spiro atoms. The smallest absolute Gasteiger partial charge is 0.410 e. The van der Waals surface area contributed by atoms with Crippen molar-refractivity contribution in [2.24, 2.45) is 0 Å². The molecule has 1 saturated heterocycles. The van der Waals surface area contributed by atoms with E-state index in [1.165, 1.54) is 12.3 Å². The third-order valence-corrected chi connectivity index (χ3v) is 6.66. The van der Waals surface area contributed by atoms with Crippen LogP contribution in [0, 0.1) is 10.1 Å². The summed E-state index contributed by atoms with van der Waals surface area (Å²) >= 11 is 0. The Balaban J connectivity index is 1.24. The van der Waals surface area contributed by atoms with Crippen molar-refractivity contribution >= 4 is 29.2 Å². The van der Waals surface area contributed by atoms with Gasteiger partial charge in [0.1, 0.15) is 17.6 Å². The molecule has 1 aliphatic heterocycles. The van der Waals surface area contributed by atoms with Crippen LogP contribution in [0.2, 0.25) is 0 Å². The quantitative estimate of drug-likeness (QED) is 0.164. The number of carbonyl (C=O) groups excluding carboxylic acids is 1. The number of benzene rings is 1. The number of nitrogens with zero attached hydrogens (tertiary/aromatic N) is 8. The number of amides is 1. The number of rotatable bonds is 9. The van der Waals surface area contributed by atoms with Crippen molar-refractivity contribution in [3.63, 3.8) is 0 Å². The zero-order valence-corrected chi connectivity index (χ0v) is 24.3. The SMILES string of the molecule is CC(C)(C)OC(=O)N1CCN(c2ccc(-c3nc(NCCNc4ccc([N+](=O)[O-])cn4)ncc3-n3ccnc3)cc2)CC1. The molecule has 4 heterocycles. The van der Waals surface area contributed by atoms with Crippen LogP contribution in [0.25, 0.3) is 16.9 Å². The predicted molar refractivity (Wildman–Crippen MR) is 162 cm³/mol. The fourth-order valence-electron chi connectivity index (χ4n) is 4.53. The molecule has 5 rings (SSSR count). The number of hydrogen-bond acceptors (Lipinski definition) is 11. The van der Waals surface area contributed by atoms with E-state index in [1.807, 2.05) is 43.7 Å². The molecule has 4 aromatic rings. The molecule has 0 atom stereocenters. The van der Waals surface area contributed by atoms with Crippen molar-refractivity contribution in [2.45, 2.75) is 26.4 Å². The first kappa shape index (κ1) is 29.2. The van der Waals surface area contributed by atoms with Gasteiger partial charge in [-0.05, 0) is 39.0 Å². The summed E-state index contributed by atoms with van der Waals surface area (Å²) in [5, 5.41) is 17.2. The lowest BCUT2D eigenvalue weighted by Gasteiger charge is -2.36. The van der Waals surface area contributed by atoms with Gasteiger partial charge in [-0.25, -0.2) is 24.7 Å². The Bertz CT molecular complexity index is 1530. The van der Waals surface area contributed by atoms with E-state index in [2.05, 4.69) is 42.6 Å². The summed E-state index contributed by atoms with van der Waals surface area (Å²) < 4.78 is 7.38. The first-order valence-electron chi connectivity index (χ1n) is 13.9. The molecule has 0 saturated carbocycles. The molecule has 0 aliphatic carbocycles. The van der Waals surface area contributed by atoms with E-state index in [4.69, 9.17) is 9.72 Å². The molecular formula is C29H34N10O4. The van der Waals surface area contributed by atoms with Gasteiger partial charge in [-0.2, -0.15) is 0 Å². The van der Waals surface area contributed by atoms with Crippen LogP contribution in [-0.2, 0) is 4.74 Å². The monoisotopic (exact) mass is 586 g/mol. The fraction of sp³-hybridized carbons (Fsp3) is 0.345. The highest BCUT2D eigenvalue weighted by molar-refractivity contribution is 5.72. The Hall–Kier alpha value is -5.27. The maximum absolute atomic E-state index is 12.4. The van der Waals surface area contributed by atoms with Gasteiger partial charge >= 0.3 is 6.09 Å². The highest BCUT2D eigenvalue weighted by Crippen LogP contribution is 2.28. The summed E-state index contributed by atoms with van der Waals surface area (Å²) in [6.45, 7) is 9.23. The topological polar surface area (TPSA) is 156 Å². The van der Waals surface area contributed by atoms with Gasteiger partial charge < -0.3 is 29.7 Å². The van der Waals surface area contributed by atoms with Gasteiger partial charge in [0, 0.05) is 69.0 Å². The van der Waals surface area contributed by atoms with E-state index in [0.29, 0.717) is 51.0 Å². The summed E-state index contributed by atoms with van der Waals surface area (Å²) in [6.07, 6.45) is 7.94. The number of nitro groups is 1. The minimum absolute atomic E-state index is 0.0589. The van der Waals surface area contributed by atoms with E-state index in [1.54, 1.807) is 29.7 Å². The molecule has 14 heteroatoms. The van der Waals surface area contributed by atoms with Crippen LogP contribution in [0.1, 0.15) is 20.8 Å².